The van der Waals surface area contributed by atoms with Gasteiger partial charge < -0.3 is 26.8 Å². The summed E-state index contributed by atoms with van der Waals surface area (Å²) in [6.45, 7) is 5.22. The second kappa shape index (κ2) is 11.6. The summed E-state index contributed by atoms with van der Waals surface area (Å²) in [5.74, 6) is -1.16. The number of rotatable bonds is 9. The molecule has 2 aliphatic heterocycles. The molecular weight excluding hydrogens is 472 g/mol. The Kier molecular flexibility index (Phi) is 8.82. The summed E-state index contributed by atoms with van der Waals surface area (Å²) < 4.78 is 26.5. The fourth-order valence-corrected chi connectivity index (χ4v) is 5.70. The number of nitrogens with one attached hydrogen (secondary N) is 1. The number of thiol groups is 1. The van der Waals surface area contributed by atoms with Gasteiger partial charge in [-0.2, -0.15) is 0 Å². The minimum absolute atomic E-state index is 0.0916. The van der Waals surface area contributed by atoms with Gasteiger partial charge in [-0.05, 0) is 55.6 Å². The summed E-state index contributed by atoms with van der Waals surface area (Å²) in [6, 6.07) is 3.29. The van der Waals surface area contributed by atoms with Gasteiger partial charge in [-0.1, -0.05) is 26.0 Å². The van der Waals surface area contributed by atoms with Crippen LogP contribution in [0.3, 0.4) is 0 Å². The first-order valence-electron chi connectivity index (χ1n) is 12.0. The molecule has 35 heavy (non-hydrogen) atoms. The van der Waals surface area contributed by atoms with Crippen molar-refractivity contribution in [1.29, 1.82) is 0 Å². The van der Waals surface area contributed by atoms with E-state index in [0.717, 1.165) is 16.3 Å². The van der Waals surface area contributed by atoms with Crippen molar-refractivity contribution in [3.63, 3.8) is 0 Å². The predicted molar refractivity (Wildman–Crippen MR) is 136 cm³/mol. The van der Waals surface area contributed by atoms with Crippen molar-refractivity contribution >= 4 is 40.1 Å². The first-order valence-corrected chi connectivity index (χ1v) is 13.1. The molecule has 2 heterocycles. The number of amides is 1. The average molecular weight is 509 g/mol. The summed E-state index contributed by atoms with van der Waals surface area (Å²) in [5.41, 5.74) is 12.9. The van der Waals surface area contributed by atoms with Crippen LogP contribution < -0.4 is 21.1 Å². The maximum absolute atomic E-state index is 13.8. The Morgan fingerprint density at radius 1 is 1.29 bits per heavy atom. The first-order chi connectivity index (χ1) is 16.6. The van der Waals surface area contributed by atoms with Crippen LogP contribution in [0.2, 0.25) is 0 Å². The number of carboxylic acid groups (broad SMARTS) is 1. The number of para-hydroxylation sites is 1. The number of hydrogen-bond donors (Lipinski definition) is 5. The molecule has 1 aromatic carbocycles. The zero-order valence-corrected chi connectivity index (χ0v) is 21.1. The monoisotopic (exact) mass is 508 g/mol. The van der Waals surface area contributed by atoms with E-state index in [0.29, 0.717) is 43.1 Å². The van der Waals surface area contributed by atoms with Crippen LogP contribution in [0.25, 0.3) is 0 Å². The van der Waals surface area contributed by atoms with Crippen molar-refractivity contribution in [2.75, 3.05) is 29.3 Å². The van der Waals surface area contributed by atoms with E-state index >= 15 is 0 Å². The van der Waals surface area contributed by atoms with Gasteiger partial charge in [0.05, 0.1) is 11.4 Å². The second-order valence-electron chi connectivity index (χ2n) is 9.56. The molecule has 0 spiro atoms. The molecule has 4 atom stereocenters. The van der Waals surface area contributed by atoms with Gasteiger partial charge in [-0.3, -0.25) is 14.1 Å². The lowest BCUT2D eigenvalue weighted by Gasteiger charge is -2.40. The van der Waals surface area contributed by atoms with Gasteiger partial charge in [0, 0.05) is 19.6 Å². The zero-order chi connectivity index (χ0) is 25.7. The van der Waals surface area contributed by atoms with Gasteiger partial charge in [0.1, 0.15) is 12.1 Å². The highest BCUT2D eigenvalue weighted by Gasteiger charge is 2.40. The first kappa shape index (κ1) is 26.6. The van der Waals surface area contributed by atoms with E-state index in [1.165, 1.54) is 4.90 Å². The number of nitrogens with two attached hydrogens (primary N) is 2. The van der Waals surface area contributed by atoms with Crippen LogP contribution in [-0.4, -0.2) is 68.0 Å². The van der Waals surface area contributed by atoms with Crippen LogP contribution in [0.15, 0.2) is 23.2 Å². The van der Waals surface area contributed by atoms with Crippen LogP contribution in [0.1, 0.15) is 45.1 Å². The molecule has 1 saturated heterocycles. The van der Waals surface area contributed by atoms with Gasteiger partial charge >= 0.3 is 5.97 Å². The summed E-state index contributed by atoms with van der Waals surface area (Å²) in [7, 11) is -3.22. The van der Waals surface area contributed by atoms with Crippen molar-refractivity contribution in [3.05, 3.63) is 23.8 Å². The standard InChI is InChI=1S/C23H36N6O5S/c1-14-8-10-28(19(12-14)22(31)32)21(30)18(7-4-9-26-23(24)25)29(35(33)34)17-6-3-5-16-11-15(2)13-27-20(16)17/h3,5-6,14-15,18-19,27,35H,4,7-13H2,1-2H3,(H,31,32)(H4,24,25,26)/t14-,15-,18+,19-/m1/s1. The van der Waals surface area contributed by atoms with Crippen molar-refractivity contribution in [2.24, 2.45) is 28.3 Å². The number of anilines is 2. The fourth-order valence-electron chi connectivity index (χ4n) is 4.92. The molecule has 0 aliphatic carbocycles. The van der Waals surface area contributed by atoms with E-state index in [9.17, 15) is 23.1 Å². The van der Waals surface area contributed by atoms with Gasteiger partial charge in [0.15, 0.2) is 5.96 Å². The molecule has 1 aromatic rings. The van der Waals surface area contributed by atoms with Gasteiger partial charge in [0.2, 0.25) is 16.8 Å². The number of likely N-dealkylation sites (tertiary alicyclic amines) is 1. The highest BCUT2D eigenvalue weighted by atomic mass is 32.2. The number of carbonyl (C=O) groups is 2. The van der Waals surface area contributed by atoms with Crippen LogP contribution in [-0.2, 0) is 26.9 Å². The Hall–Kier alpha value is -3.02. The van der Waals surface area contributed by atoms with E-state index in [1.54, 1.807) is 12.1 Å². The van der Waals surface area contributed by atoms with Crippen molar-refractivity contribution in [2.45, 2.75) is 58.0 Å². The molecule has 11 nitrogen and oxygen atoms in total. The van der Waals surface area contributed by atoms with E-state index in [2.05, 4.69) is 17.2 Å². The number of benzene rings is 1. The summed E-state index contributed by atoms with van der Waals surface area (Å²) >= 11 is 0. The van der Waals surface area contributed by atoms with Crippen molar-refractivity contribution in [3.8, 4) is 0 Å². The van der Waals surface area contributed by atoms with Crippen molar-refractivity contribution < 1.29 is 23.1 Å². The minimum Gasteiger partial charge on any atom is -0.480 e. The molecule has 0 saturated carbocycles. The normalized spacial score (nSPS) is 22.6. The summed E-state index contributed by atoms with van der Waals surface area (Å²) in [5, 5.41) is 13.1. The highest BCUT2D eigenvalue weighted by Crippen LogP contribution is 2.37. The van der Waals surface area contributed by atoms with E-state index in [4.69, 9.17) is 11.5 Å². The number of aliphatic imine (C=N–C) groups is 1. The van der Waals surface area contributed by atoms with Crippen LogP contribution in [0.4, 0.5) is 11.4 Å². The Morgan fingerprint density at radius 3 is 2.69 bits per heavy atom. The molecule has 2 aliphatic rings. The summed E-state index contributed by atoms with van der Waals surface area (Å²) in [6.07, 6.45) is 2.24. The topological polar surface area (TPSA) is 171 Å². The smallest absolute Gasteiger partial charge is 0.326 e. The van der Waals surface area contributed by atoms with Crippen LogP contribution >= 0.6 is 0 Å². The maximum atomic E-state index is 13.8. The SMILES string of the molecule is C[C@@H]1CCN(C(=O)[C@H](CCCN=C(N)N)N(c2cccc3c2NC[C@H](C)C3)[SH](=O)=O)[C@@H](C(=O)O)C1. The highest BCUT2D eigenvalue weighted by molar-refractivity contribution is 7.74. The third-order valence-corrected chi connectivity index (χ3v) is 7.54. The zero-order valence-electron chi connectivity index (χ0n) is 20.2. The number of hydrogen-bond acceptors (Lipinski definition) is 6. The Morgan fingerprint density at radius 2 is 2.03 bits per heavy atom. The van der Waals surface area contributed by atoms with Crippen LogP contribution in [0.5, 0.6) is 0 Å². The molecule has 1 amide bonds. The lowest BCUT2D eigenvalue weighted by molar-refractivity contribution is -0.153. The molecule has 0 aromatic heterocycles. The van der Waals surface area contributed by atoms with Crippen molar-refractivity contribution in [1.82, 2.24) is 4.90 Å². The molecule has 1 fully saturated rings. The number of guanidine groups is 1. The predicted octanol–water partition coefficient (Wildman–Crippen LogP) is 0.757. The molecule has 12 heteroatoms. The number of carbonyl (C=O) groups excluding carboxylic acids is 1. The summed E-state index contributed by atoms with van der Waals surface area (Å²) in [4.78, 5) is 31.1. The molecule has 3 rings (SSSR count). The Bertz CT molecular complexity index is 1030. The molecule has 0 unspecified atom stereocenters. The van der Waals surface area contributed by atoms with Gasteiger partial charge in [-0.25, -0.2) is 13.2 Å². The number of aliphatic carboxylic acids is 1. The fraction of sp³-hybridized carbons (Fsp3) is 0.609. The molecule has 6 N–H and O–H groups in total. The second-order valence-corrected chi connectivity index (χ2v) is 10.5. The molecular formula is C23H36N6O5S. The van der Waals surface area contributed by atoms with E-state index in [1.807, 2.05) is 13.0 Å². The largest absolute Gasteiger partial charge is 0.480 e. The van der Waals surface area contributed by atoms with Gasteiger partial charge in [0.25, 0.3) is 0 Å². The van der Waals surface area contributed by atoms with E-state index < -0.39 is 34.9 Å². The third kappa shape index (κ3) is 6.36. The minimum atomic E-state index is -3.22. The molecule has 0 radical (unpaired) electrons. The molecule has 0 bridgehead atoms. The average Bonchev–Trinajstić information content (AvgIpc) is 2.79. The van der Waals surface area contributed by atoms with Crippen LogP contribution in [0, 0.1) is 11.8 Å². The lowest BCUT2D eigenvalue weighted by Crippen LogP contribution is -2.56. The number of piperidine rings is 1. The quantitative estimate of drug-likeness (QED) is 0.141. The van der Waals surface area contributed by atoms with Gasteiger partial charge in [-0.15, -0.1) is 0 Å². The lowest BCUT2D eigenvalue weighted by atomic mass is 9.91. The van der Waals surface area contributed by atoms with E-state index in [-0.39, 0.29) is 31.4 Å². The number of fused-ring (bicyclic) bond motifs is 1. The maximum Gasteiger partial charge on any atom is 0.326 e. The number of carboxylic acids is 1. The Labute approximate surface area is 207 Å². The Balaban J connectivity index is 2.01. The third-order valence-electron chi connectivity index (χ3n) is 6.69. The molecule has 194 valence electrons. The number of nitrogens with zero attached hydrogens (tertiary/aromatic N) is 3.